The molecule has 1 aromatic carbocycles. The highest BCUT2D eigenvalue weighted by molar-refractivity contribution is 5.73. The third-order valence-corrected chi connectivity index (χ3v) is 3.99. The molecule has 0 fully saturated rings. The molecular formula is C20H28N4O. The molecule has 0 saturated carbocycles. The fraction of sp³-hybridized carbons (Fsp3) is 0.400. The molecule has 2 rings (SSSR count). The molecule has 2 aromatic rings. The minimum atomic E-state index is -0.215. The van der Waals surface area contributed by atoms with Gasteiger partial charge in [0.2, 0.25) is 0 Å². The van der Waals surface area contributed by atoms with Crippen LogP contribution in [0.25, 0.3) is 0 Å². The van der Waals surface area contributed by atoms with Crippen molar-refractivity contribution in [2.45, 2.75) is 38.8 Å². The fourth-order valence-electron chi connectivity index (χ4n) is 2.68. The number of benzene rings is 1. The van der Waals surface area contributed by atoms with Crippen LogP contribution < -0.4 is 16.0 Å². The van der Waals surface area contributed by atoms with E-state index >= 15 is 0 Å². The zero-order valence-electron chi connectivity index (χ0n) is 15.3. The monoisotopic (exact) mass is 340 g/mol. The molecule has 0 spiro atoms. The molecule has 5 nitrogen and oxygen atoms in total. The van der Waals surface area contributed by atoms with E-state index in [2.05, 4.69) is 53.8 Å². The number of aromatic nitrogens is 1. The maximum atomic E-state index is 12.0. The molecule has 0 unspecified atom stereocenters. The van der Waals surface area contributed by atoms with E-state index in [0.29, 0.717) is 13.1 Å². The normalized spacial score (nSPS) is 12.4. The predicted molar refractivity (Wildman–Crippen MR) is 101 cm³/mol. The number of hydrogen-bond donors (Lipinski definition) is 3. The summed E-state index contributed by atoms with van der Waals surface area (Å²) in [5.41, 5.74) is 1.99. The number of hydrogen-bond acceptors (Lipinski definition) is 3. The number of urea groups is 1. The van der Waals surface area contributed by atoms with Crippen LogP contribution in [0, 0.1) is 0 Å². The van der Waals surface area contributed by atoms with Gasteiger partial charge in [-0.05, 0) is 38.5 Å². The van der Waals surface area contributed by atoms with Gasteiger partial charge in [-0.15, -0.1) is 0 Å². The molecule has 0 bridgehead atoms. The minimum Gasteiger partial charge on any atom is -0.338 e. The van der Waals surface area contributed by atoms with Crippen LogP contribution in [-0.2, 0) is 6.42 Å². The zero-order chi connectivity index (χ0) is 18.1. The molecule has 3 N–H and O–H groups in total. The Morgan fingerprint density at radius 3 is 2.48 bits per heavy atom. The molecule has 1 atom stereocenters. The molecule has 0 saturated heterocycles. The summed E-state index contributed by atoms with van der Waals surface area (Å²) in [6.07, 6.45) is 2.48. The second-order valence-electron chi connectivity index (χ2n) is 6.84. The minimum absolute atomic E-state index is 0.154. The number of carbonyl (C=O) groups excluding carboxylic acids is 1. The van der Waals surface area contributed by atoms with Gasteiger partial charge in [-0.25, -0.2) is 4.79 Å². The maximum absolute atomic E-state index is 12.0. The summed E-state index contributed by atoms with van der Waals surface area (Å²) < 4.78 is 0. The van der Waals surface area contributed by atoms with Crippen LogP contribution in [0.4, 0.5) is 4.79 Å². The van der Waals surface area contributed by atoms with Gasteiger partial charge in [0, 0.05) is 43.0 Å². The second kappa shape index (κ2) is 9.18. The van der Waals surface area contributed by atoms with Crippen LogP contribution in [0.1, 0.15) is 38.1 Å². The summed E-state index contributed by atoms with van der Waals surface area (Å²) in [6.45, 7) is 7.40. The van der Waals surface area contributed by atoms with Crippen LogP contribution in [-0.4, -0.2) is 29.6 Å². The Morgan fingerprint density at radius 1 is 1.08 bits per heavy atom. The smallest absolute Gasteiger partial charge is 0.314 e. The summed E-state index contributed by atoms with van der Waals surface area (Å²) in [5, 5.41) is 9.36. The van der Waals surface area contributed by atoms with E-state index in [1.807, 2.05) is 36.4 Å². The molecular weight excluding hydrogens is 312 g/mol. The second-order valence-corrected chi connectivity index (χ2v) is 6.84. The Balaban J connectivity index is 1.70. The quantitative estimate of drug-likeness (QED) is 0.692. The van der Waals surface area contributed by atoms with Gasteiger partial charge in [0.15, 0.2) is 0 Å². The van der Waals surface area contributed by atoms with E-state index in [9.17, 15) is 4.79 Å². The first-order chi connectivity index (χ1) is 12.0. The molecule has 0 aliphatic carbocycles. The van der Waals surface area contributed by atoms with Crippen molar-refractivity contribution in [1.29, 1.82) is 0 Å². The lowest BCUT2D eigenvalue weighted by molar-refractivity contribution is 0.235. The van der Waals surface area contributed by atoms with Crippen molar-refractivity contribution in [3.05, 3.63) is 66.0 Å². The van der Waals surface area contributed by atoms with E-state index in [-0.39, 0.29) is 17.6 Å². The van der Waals surface area contributed by atoms with Crippen LogP contribution >= 0.6 is 0 Å². The number of nitrogens with zero attached hydrogens (tertiary/aromatic N) is 1. The van der Waals surface area contributed by atoms with Gasteiger partial charge in [-0.3, -0.25) is 4.98 Å². The van der Waals surface area contributed by atoms with Crippen LogP contribution in [0.2, 0.25) is 0 Å². The van der Waals surface area contributed by atoms with Crippen molar-refractivity contribution in [3.63, 3.8) is 0 Å². The fourth-order valence-corrected chi connectivity index (χ4v) is 2.68. The maximum Gasteiger partial charge on any atom is 0.314 e. The molecule has 2 amide bonds. The summed E-state index contributed by atoms with van der Waals surface area (Å²) >= 11 is 0. The SMILES string of the molecule is C[C@@H](NC(C)(C)CNC(=O)NCCc1ccccn1)c1ccccc1. The number of rotatable bonds is 8. The van der Waals surface area contributed by atoms with E-state index in [0.717, 1.165) is 12.1 Å². The van der Waals surface area contributed by atoms with Crippen molar-refractivity contribution < 1.29 is 4.79 Å². The molecule has 0 aliphatic rings. The highest BCUT2D eigenvalue weighted by atomic mass is 16.2. The number of pyridine rings is 1. The van der Waals surface area contributed by atoms with Gasteiger partial charge >= 0.3 is 6.03 Å². The average molecular weight is 340 g/mol. The van der Waals surface area contributed by atoms with E-state index in [1.54, 1.807) is 6.20 Å². The van der Waals surface area contributed by atoms with E-state index in [1.165, 1.54) is 5.56 Å². The first-order valence-electron chi connectivity index (χ1n) is 8.70. The lowest BCUT2D eigenvalue weighted by atomic mass is 10.0. The Morgan fingerprint density at radius 2 is 1.80 bits per heavy atom. The highest BCUT2D eigenvalue weighted by Gasteiger charge is 2.21. The zero-order valence-corrected chi connectivity index (χ0v) is 15.3. The Bertz CT molecular complexity index is 643. The lowest BCUT2D eigenvalue weighted by Crippen LogP contribution is -2.51. The van der Waals surface area contributed by atoms with Gasteiger partial charge < -0.3 is 16.0 Å². The van der Waals surface area contributed by atoms with Gasteiger partial charge in [0.1, 0.15) is 0 Å². The van der Waals surface area contributed by atoms with Gasteiger partial charge in [0.05, 0.1) is 0 Å². The molecule has 1 aromatic heterocycles. The van der Waals surface area contributed by atoms with Crippen LogP contribution in [0.3, 0.4) is 0 Å². The van der Waals surface area contributed by atoms with Gasteiger partial charge in [-0.1, -0.05) is 36.4 Å². The summed E-state index contributed by atoms with van der Waals surface area (Å²) in [5.74, 6) is 0. The Kier molecular flexibility index (Phi) is 6.95. The molecule has 25 heavy (non-hydrogen) atoms. The highest BCUT2D eigenvalue weighted by Crippen LogP contribution is 2.15. The van der Waals surface area contributed by atoms with Crippen molar-refractivity contribution >= 4 is 6.03 Å². The van der Waals surface area contributed by atoms with Crippen molar-refractivity contribution in [3.8, 4) is 0 Å². The van der Waals surface area contributed by atoms with Crippen molar-refractivity contribution in [2.24, 2.45) is 0 Å². The van der Waals surface area contributed by atoms with Gasteiger partial charge in [-0.2, -0.15) is 0 Å². The van der Waals surface area contributed by atoms with Crippen LogP contribution in [0.15, 0.2) is 54.7 Å². The molecule has 0 aliphatic heterocycles. The summed E-state index contributed by atoms with van der Waals surface area (Å²) in [7, 11) is 0. The van der Waals surface area contributed by atoms with Crippen LogP contribution in [0.5, 0.6) is 0 Å². The largest absolute Gasteiger partial charge is 0.338 e. The Labute approximate surface area is 150 Å². The third-order valence-electron chi connectivity index (χ3n) is 3.99. The van der Waals surface area contributed by atoms with Gasteiger partial charge in [0.25, 0.3) is 0 Å². The lowest BCUT2D eigenvalue weighted by Gasteiger charge is -2.30. The molecule has 134 valence electrons. The topological polar surface area (TPSA) is 66.0 Å². The van der Waals surface area contributed by atoms with Crippen molar-refractivity contribution in [2.75, 3.05) is 13.1 Å². The molecule has 1 heterocycles. The van der Waals surface area contributed by atoms with Crippen molar-refractivity contribution in [1.82, 2.24) is 20.9 Å². The average Bonchev–Trinajstić information content (AvgIpc) is 2.61. The predicted octanol–water partition coefficient (Wildman–Crippen LogP) is 3.05. The number of carbonyl (C=O) groups is 1. The first kappa shape index (κ1) is 18.9. The summed E-state index contributed by atoms with van der Waals surface area (Å²) in [6, 6.07) is 16.1. The van der Waals surface area contributed by atoms with E-state index in [4.69, 9.17) is 0 Å². The Hall–Kier alpha value is -2.40. The summed E-state index contributed by atoms with van der Waals surface area (Å²) in [4.78, 5) is 16.2. The molecule has 0 radical (unpaired) electrons. The standard InChI is InChI=1S/C20H28N4O/c1-16(17-9-5-4-6-10-17)24-20(2,3)15-23-19(25)22-14-12-18-11-7-8-13-21-18/h4-11,13,16,24H,12,14-15H2,1-3H3,(H2,22,23,25)/t16-/m1/s1. The molecule has 5 heteroatoms. The number of nitrogens with one attached hydrogen (secondary N) is 3. The van der Waals surface area contributed by atoms with E-state index < -0.39 is 0 Å². The first-order valence-corrected chi connectivity index (χ1v) is 8.70. The number of amides is 2. The third kappa shape index (κ3) is 6.93.